The maximum atomic E-state index is 10.8. The van der Waals surface area contributed by atoms with E-state index in [1.807, 2.05) is 0 Å². The lowest BCUT2D eigenvalue weighted by molar-refractivity contribution is -0.139. The minimum absolute atomic E-state index is 0.274. The molecule has 0 aromatic heterocycles. The zero-order valence-corrected chi connectivity index (χ0v) is 8.93. The van der Waals surface area contributed by atoms with Crippen LogP contribution < -0.4 is 5.32 Å². The fourth-order valence-electron chi connectivity index (χ4n) is 1.16. The van der Waals surface area contributed by atoms with Gasteiger partial charge in [0.1, 0.15) is 6.04 Å². The molecule has 0 saturated heterocycles. The number of likely N-dealkylation sites (N-methyl/N-ethyl adjacent to an activating group) is 1. The Morgan fingerprint density at radius 2 is 2.14 bits per heavy atom. The molecule has 0 unspecified atom stereocenters. The van der Waals surface area contributed by atoms with Crippen LogP contribution in [0.1, 0.15) is 11.6 Å². The summed E-state index contributed by atoms with van der Waals surface area (Å²) in [5, 5.41) is 12.1. The molecule has 14 heavy (non-hydrogen) atoms. The van der Waals surface area contributed by atoms with Gasteiger partial charge in [-0.05, 0) is 13.1 Å². The van der Waals surface area contributed by atoms with Crippen LogP contribution in [0.2, 0.25) is 10.0 Å². The van der Waals surface area contributed by atoms with Gasteiger partial charge in [0.25, 0.3) is 0 Å². The van der Waals surface area contributed by atoms with Gasteiger partial charge in [0, 0.05) is 5.56 Å². The number of carboxylic acids is 1. The highest BCUT2D eigenvalue weighted by Gasteiger charge is 2.20. The van der Waals surface area contributed by atoms with Crippen LogP contribution in [0.4, 0.5) is 0 Å². The summed E-state index contributed by atoms with van der Waals surface area (Å²) in [6, 6.07) is 4.07. The van der Waals surface area contributed by atoms with Crippen LogP contribution in [0.3, 0.4) is 0 Å². The monoisotopic (exact) mass is 233 g/mol. The van der Waals surface area contributed by atoms with Crippen LogP contribution in [-0.4, -0.2) is 18.1 Å². The van der Waals surface area contributed by atoms with Crippen LogP contribution >= 0.6 is 23.2 Å². The van der Waals surface area contributed by atoms with Gasteiger partial charge in [-0.2, -0.15) is 0 Å². The van der Waals surface area contributed by atoms with Gasteiger partial charge in [-0.1, -0.05) is 35.3 Å². The molecule has 1 aromatic carbocycles. The number of hydrogen-bond donors (Lipinski definition) is 2. The molecule has 2 N–H and O–H groups in total. The number of halogens is 2. The summed E-state index contributed by atoms with van der Waals surface area (Å²) in [5.41, 5.74) is 0.467. The molecular weight excluding hydrogens is 225 g/mol. The van der Waals surface area contributed by atoms with E-state index in [1.165, 1.54) is 0 Å². The molecule has 0 radical (unpaired) electrons. The third-order valence-corrected chi connectivity index (χ3v) is 2.66. The van der Waals surface area contributed by atoms with E-state index in [1.54, 1.807) is 25.2 Å². The molecule has 0 amide bonds. The fourth-order valence-corrected chi connectivity index (χ4v) is 1.57. The highest BCUT2D eigenvalue weighted by atomic mass is 35.5. The lowest BCUT2D eigenvalue weighted by Gasteiger charge is -2.13. The van der Waals surface area contributed by atoms with Gasteiger partial charge in [0.05, 0.1) is 10.0 Å². The van der Waals surface area contributed by atoms with Crippen molar-refractivity contribution in [2.75, 3.05) is 7.05 Å². The Labute approximate surface area is 91.6 Å². The van der Waals surface area contributed by atoms with Crippen LogP contribution in [-0.2, 0) is 4.79 Å². The minimum atomic E-state index is -0.989. The minimum Gasteiger partial charge on any atom is -0.480 e. The fraction of sp³-hybridized carbons (Fsp3) is 0.222. The van der Waals surface area contributed by atoms with Gasteiger partial charge in [0.2, 0.25) is 0 Å². The topological polar surface area (TPSA) is 49.3 Å². The van der Waals surface area contributed by atoms with Crippen molar-refractivity contribution in [1.82, 2.24) is 5.32 Å². The number of carboxylic acid groups (broad SMARTS) is 1. The average molecular weight is 234 g/mol. The normalized spacial score (nSPS) is 12.5. The molecule has 1 rings (SSSR count). The van der Waals surface area contributed by atoms with E-state index in [0.717, 1.165) is 0 Å². The highest BCUT2D eigenvalue weighted by molar-refractivity contribution is 6.42. The van der Waals surface area contributed by atoms with Crippen LogP contribution in [0.5, 0.6) is 0 Å². The van der Waals surface area contributed by atoms with Crippen LogP contribution in [0.25, 0.3) is 0 Å². The van der Waals surface area contributed by atoms with E-state index < -0.39 is 12.0 Å². The van der Waals surface area contributed by atoms with Gasteiger partial charge in [-0.3, -0.25) is 4.79 Å². The van der Waals surface area contributed by atoms with E-state index in [4.69, 9.17) is 28.3 Å². The van der Waals surface area contributed by atoms with E-state index in [-0.39, 0.29) is 5.02 Å². The second-order valence-electron chi connectivity index (χ2n) is 2.70. The van der Waals surface area contributed by atoms with Gasteiger partial charge in [0.15, 0.2) is 0 Å². The van der Waals surface area contributed by atoms with Crippen molar-refractivity contribution in [3.63, 3.8) is 0 Å². The largest absolute Gasteiger partial charge is 0.480 e. The lowest BCUT2D eigenvalue weighted by Crippen LogP contribution is -2.25. The van der Waals surface area contributed by atoms with Crippen molar-refractivity contribution in [1.29, 1.82) is 0 Å². The molecule has 1 aromatic rings. The summed E-state index contributed by atoms with van der Waals surface area (Å²) < 4.78 is 0. The summed E-state index contributed by atoms with van der Waals surface area (Å²) in [7, 11) is 1.55. The molecule has 3 nitrogen and oxygen atoms in total. The molecule has 1 atom stereocenters. The van der Waals surface area contributed by atoms with E-state index in [0.29, 0.717) is 10.6 Å². The Bertz CT molecular complexity index is 355. The maximum absolute atomic E-state index is 10.8. The molecule has 0 bridgehead atoms. The second-order valence-corrected chi connectivity index (χ2v) is 3.49. The standard InChI is InChI=1S/C9H9Cl2NO2/c1-12-8(9(13)14)5-3-2-4-6(10)7(5)11/h2-4,8,12H,1H3,(H,13,14)/t8-/m1/s1. The number of nitrogens with one attached hydrogen (secondary N) is 1. The summed E-state index contributed by atoms with van der Waals surface area (Å²) in [6.45, 7) is 0. The first kappa shape index (κ1) is 11.3. The third kappa shape index (κ3) is 2.18. The van der Waals surface area contributed by atoms with Gasteiger partial charge in [-0.25, -0.2) is 0 Å². The Hall–Kier alpha value is -0.770. The summed E-state index contributed by atoms with van der Waals surface area (Å²) in [4.78, 5) is 10.8. The SMILES string of the molecule is CN[C@@H](C(=O)O)c1cccc(Cl)c1Cl. The van der Waals surface area contributed by atoms with E-state index in [2.05, 4.69) is 5.32 Å². The number of benzene rings is 1. The summed E-state index contributed by atoms with van der Waals surface area (Å²) in [6.07, 6.45) is 0. The van der Waals surface area contributed by atoms with Crippen LogP contribution in [0, 0.1) is 0 Å². The van der Waals surface area contributed by atoms with Crippen molar-refractivity contribution in [3.05, 3.63) is 33.8 Å². The molecule has 5 heteroatoms. The zero-order chi connectivity index (χ0) is 10.7. The van der Waals surface area contributed by atoms with Gasteiger partial charge >= 0.3 is 5.97 Å². The summed E-state index contributed by atoms with van der Waals surface area (Å²) in [5.74, 6) is -0.989. The van der Waals surface area contributed by atoms with Gasteiger partial charge in [-0.15, -0.1) is 0 Å². The zero-order valence-electron chi connectivity index (χ0n) is 7.42. The van der Waals surface area contributed by atoms with Crippen LogP contribution in [0.15, 0.2) is 18.2 Å². The van der Waals surface area contributed by atoms with Crippen molar-refractivity contribution in [2.45, 2.75) is 6.04 Å². The Morgan fingerprint density at radius 3 is 2.64 bits per heavy atom. The summed E-state index contributed by atoms with van der Waals surface area (Å²) >= 11 is 11.6. The smallest absolute Gasteiger partial charge is 0.325 e. The molecule has 0 saturated carbocycles. The average Bonchev–Trinajstić information content (AvgIpc) is 2.13. The highest BCUT2D eigenvalue weighted by Crippen LogP contribution is 2.29. The number of hydrogen-bond acceptors (Lipinski definition) is 2. The molecule has 0 aliphatic heterocycles. The molecule has 76 valence electrons. The van der Waals surface area contributed by atoms with Crippen molar-refractivity contribution < 1.29 is 9.90 Å². The first-order valence-corrected chi connectivity index (χ1v) is 4.67. The number of aliphatic carboxylic acids is 1. The quantitative estimate of drug-likeness (QED) is 0.843. The Balaban J connectivity index is 3.16. The number of rotatable bonds is 3. The molecule has 0 fully saturated rings. The lowest BCUT2D eigenvalue weighted by atomic mass is 10.1. The predicted molar refractivity (Wildman–Crippen MR) is 55.9 cm³/mol. The van der Waals surface area contributed by atoms with E-state index >= 15 is 0 Å². The molecule has 0 heterocycles. The molecular formula is C9H9Cl2NO2. The predicted octanol–water partition coefficient (Wildman–Crippen LogP) is 2.34. The van der Waals surface area contributed by atoms with Crippen molar-refractivity contribution in [2.24, 2.45) is 0 Å². The number of carbonyl (C=O) groups is 1. The molecule has 0 aliphatic rings. The van der Waals surface area contributed by atoms with E-state index in [9.17, 15) is 4.79 Å². The molecule has 0 spiro atoms. The Kier molecular flexibility index (Phi) is 3.75. The first-order chi connectivity index (χ1) is 6.57. The maximum Gasteiger partial charge on any atom is 0.325 e. The Morgan fingerprint density at radius 1 is 1.50 bits per heavy atom. The van der Waals surface area contributed by atoms with Crippen molar-refractivity contribution in [3.8, 4) is 0 Å². The molecule has 0 aliphatic carbocycles. The second kappa shape index (κ2) is 4.64. The first-order valence-electron chi connectivity index (χ1n) is 3.92. The van der Waals surface area contributed by atoms with Crippen molar-refractivity contribution >= 4 is 29.2 Å². The van der Waals surface area contributed by atoms with Gasteiger partial charge < -0.3 is 10.4 Å². The third-order valence-electron chi connectivity index (χ3n) is 1.83.